The van der Waals surface area contributed by atoms with Crippen molar-refractivity contribution in [3.05, 3.63) is 46.1 Å². The molecule has 0 unspecified atom stereocenters. The largest absolute Gasteiger partial charge is 0.363 e. The first-order valence-electron chi connectivity index (χ1n) is 7.41. The Morgan fingerprint density at radius 2 is 2.26 bits per heavy atom. The molecule has 0 spiro atoms. The highest BCUT2D eigenvalue weighted by Crippen LogP contribution is 2.26. The minimum Gasteiger partial charge on any atom is -0.363 e. The summed E-state index contributed by atoms with van der Waals surface area (Å²) in [6.45, 7) is 5.85. The van der Waals surface area contributed by atoms with Crippen LogP contribution in [0.1, 0.15) is 35.9 Å². The van der Waals surface area contributed by atoms with Crippen molar-refractivity contribution < 1.29 is 9.26 Å². The number of halogens is 1. The van der Waals surface area contributed by atoms with Crippen molar-refractivity contribution in [1.29, 1.82) is 5.26 Å². The van der Waals surface area contributed by atoms with Gasteiger partial charge < -0.3 is 9.26 Å². The highest BCUT2D eigenvalue weighted by Gasteiger charge is 2.30. The fourth-order valence-electron chi connectivity index (χ4n) is 2.78. The van der Waals surface area contributed by atoms with Crippen LogP contribution >= 0.6 is 11.6 Å². The van der Waals surface area contributed by atoms with E-state index < -0.39 is 0 Å². The molecular formula is C16H17ClN4O2. The summed E-state index contributed by atoms with van der Waals surface area (Å²) in [7, 11) is 0. The molecular weight excluding hydrogens is 316 g/mol. The van der Waals surface area contributed by atoms with Crippen LogP contribution in [-0.2, 0) is 11.3 Å². The molecule has 7 heteroatoms. The molecule has 0 aliphatic carbocycles. The normalized spacial score (nSPS) is 22.0. The number of nitrogens with zero attached hydrogens (tertiary/aromatic N) is 4. The average Bonchev–Trinajstić information content (AvgIpc) is 2.95. The zero-order valence-electron chi connectivity index (χ0n) is 13.0. The summed E-state index contributed by atoms with van der Waals surface area (Å²) in [5.41, 5.74) is 1.55. The van der Waals surface area contributed by atoms with E-state index in [4.69, 9.17) is 20.9 Å². The van der Waals surface area contributed by atoms with Gasteiger partial charge in [-0.05, 0) is 31.5 Å². The zero-order chi connectivity index (χ0) is 16.4. The third kappa shape index (κ3) is 3.70. The van der Waals surface area contributed by atoms with Crippen LogP contribution in [0.4, 0.5) is 0 Å². The minimum atomic E-state index is -0.252. The van der Waals surface area contributed by atoms with E-state index in [0.717, 1.165) is 12.1 Å². The van der Waals surface area contributed by atoms with Crippen LogP contribution in [0, 0.1) is 18.3 Å². The van der Waals surface area contributed by atoms with Gasteiger partial charge in [0.05, 0.1) is 17.7 Å². The van der Waals surface area contributed by atoms with E-state index >= 15 is 0 Å². The molecule has 6 nitrogen and oxygen atoms in total. The second-order valence-electron chi connectivity index (χ2n) is 5.72. The molecule has 0 N–H and O–H groups in total. The Kier molecular flexibility index (Phi) is 4.62. The maximum atomic E-state index is 9.27. The zero-order valence-corrected chi connectivity index (χ0v) is 13.7. The summed E-state index contributed by atoms with van der Waals surface area (Å²) >= 11 is 5.95. The minimum absolute atomic E-state index is 0.0405. The lowest BCUT2D eigenvalue weighted by atomic mass is 10.1. The lowest BCUT2D eigenvalue weighted by Crippen LogP contribution is -2.42. The first-order chi connectivity index (χ1) is 11.0. The van der Waals surface area contributed by atoms with Crippen LogP contribution in [0.25, 0.3) is 0 Å². The van der Waals surface area contributed by atoms with E-state index in [1.165, 1.54) is 0 Å². The maximum absolute atomic E-state index is 9.27. The van der Waals surface area contributed by atoms with Crippen molar-refractivity contribution in [2.45, 2.75) is 32.6 Å². The van der Waals surface area contributed by atoms with Crippen LogP contribution in [0.3, 0.4) is 0 Å². The summed E-state index contributed by atoms with van der Waals surface area (Å²) in [5.74, 6) is 1.09. The molecule has 120 valence electrons. The molecule has 2 atom stereocenters. The number of ether oxygens (including phenoxy) is 1. The van der Waals surface area contributed by atoms with Gasteiger partial charge >= 0.3 is 0 Å². The van der Waals surface area contributed by atoms with Crippen molar-refractivity contribution in [3.63, 3.8) is 0 Å². The standard InChI is InChI=1S/C16H17ClN4O2/c1-10-7-21(8-12-3-4-14(17)5-13(12)6-18)9-15(22-10)16-19-11(2)20-23-16/h3-5,10,15H,7-9H2,1-2H3/t10-,15-/m1/s1. The Morgan fingerprint density at radius 3 is 2.96 bits per heavy atom. The van der Waals surface area contributed by atoms with Gasteiger partial charge in [0.2, 0.25) is 0 Å². The van der Waals surface area contributed by atoms with Gasteiger partial charge in [-0.15, -0.1) is 0 Å². The monoisotopic (exact) mass is 332 g/mol. The van der Waals surface area contributed by atoms with E-state index in [1.54, 1.807) is 19.1 Å². The van der Waals surface area contributed by atoms with Crippen molar-refractivity contribution in [1.82, 2.24) is 15.0 Å². The van der Waals surface area contributed by atoms with Crippen molar-refractivity contribution in [3.8, 4) is 6.07 Å². The second kappa shape index (κ2) is 6.67. The number of rotatable bonds is 3. The van der Waals surface area contributed by atoms with Gasteiger partial charge in [-0.1, -0.05) is 22.8 Å². The van der Waals surface area contributed by atoms with Crippen LogP contribution in [0.15, 0.2) is 22.7 Å². The van der Waals surface area contributed by atoms with Crippen molar-refractivity contribution >= 4 is 11.6 Å². The molecule has 3 rings (SSSR count). The number of hydrogen-bond donors (Lipinski definition) is 0. The molecule has 2 heterocycles. The first-order valence-corrected chi connectivity index (χ1v) is 7.79. The third-order valence-corrected chi connectivity index (χ3v) is 3.98. The van der Waals surface area contributed by atoms with Gasteiger partial charge in [0.15, 0.2) is 5.82 Å². The van der Waals surface area contributed by atoms with Gasteiger partial charge in [-0.25, -0.2) is 0 Å². The van der Waals surface area contributed by atoms with Gasteiger partial charge in [-0.3, -0.25) is 4.90 Å². The Morgan fingerprint density at radius 1 is 1.43 bits per heavy atom. The fraction of sp³-hybridized carbons (Fsp3) is 0.438. The molecule has 23 heavy (non-hydrogen) atoms. The quantitative estimate of drug-likeness (QED) is 0.860. The van der Waals surface area contributed by atoms with E-state index in [-0.39, 0.29) is 12.2 Å². The van der Waals surface area contributed by atoms with E-state index in [1.807, 2.05) is 13.0 Å². The summed E-state index contributed by atoms with van der Waals surface area (Å²) in [6.07, 6.45) is -0.212. The summed E-state index contributed by atoms with van der Waals surface area (Å²) in [5, 5.41) is 13.7. The van der Waals surface area contributed by atoms with Crippen LogP contribution in [0.2, 0.25) is 5.02 Å². The Bertz CT molecular complexity index is 740. The smallest absolute Gasteiger partial charge is 0.257 e. The molecule has 1 aliphatic heterocycles. The summed E-state index contributed by atoms with van der Waals surface area (Å²) in [4.78, 5) is 6.48. The van der Waals surface area contributed by atoms with Gasteiger partial charge in [0, 0.05) is 24.7 Å². The third-order valence-electron chi connectivity index (χ3n) is 3.74. The van der Waals surface area contributed by atoms with Crippen LogP contribution in [-0.4, -0.2) is 34.2 Å². The molecule has 1 saturated heterocycles. The number of nitriles is 1. The number of morpholine rings is 1. The summed E-state index contributed by atoms with van der Waals surface area (Å²) in [6, 6.07) is 7.60. The van der Waals surface area contributed by atoms with E-state index in [9.17, 15) is 5.26 Å². The first kappa shape index (κ1) is 15.9. The molecule has 1 aromatic carbocycles. The topological polar surface area (TPSA) is 75.2 Å². The van der Waals surface area contributed by atoms with Gasteiger partial charge in [-0.2, -0.15) is 10.2 Å². The predicted molar refractivity (Wildman–Crippen MR) is 83.8 cm³/mol. The van der Waals surface area contributed by atoms with Crippen LogP contribution in [0.5, 0.6) is 0 Å². The lowest BCUT2D eigenvalue weighted by Gasteiger charge is -2.35. The number of hydrogen-bond acceptors (Lipinski definition) is 6. The number of benzene rings is 1. The SMILES string of the molecule is Cc1noc([C@H]2CN(Cc3ccc(Cl)cc3C#N)C[C@@H](C)O2)n1. The predicted octanol–water partition coefficient (Wildman–Crippen LogP) is 2.87. The van der Waals surface area contributed by atoms with E-state index in [2.05, 4.69) is 21.1 Å². The molecule has 2 aromatic rings. The molecule has 1 aromatic heterocycles. The maximum Gasteiger partial charge on any atom is 0.257 e. The van der Waals surface area contributed by atoms with Crippen molar-refractivity contribution in [2.24, 2.45) is 0 Å². The lowest BCUT2D eigenvalue weighted by molar-refractivity contribution is -0.0930. The molecule has 0 bridgehead atoms. The van der Waals surface area contributed by atoms with E-state index in [0.29, 0.717) is 35.4 Å². The Labute approximate surface area is 139 Å². The molecule has 1 fully saturated rings. The molecule has 1 aliphatic rings. The Balaban J connectivity index is 1.76. The van der Waals surface area contributed by atoms with Gasteiger partial charge in [0.1, 0.15) is 6.10 Å². The second-order valence-corrected chi connectivity index (χ2v) is 6.16. The van der Waals surface area contributed by atoms with Crippen molar-refractivity contribution in [2.75, 3.05) is 13.1 Å². The number of aryl methyl sites for hydroxylation is 1. The Hall–Kier alpha value is -1.94. The fourth-order valence-corrected chi connectivity index (χ4v) is 2.95. The highest BCUT2D eigenvalue weighted by molar-refractivity contribution is 6.30. The summed E-state index contributed by atoms with van der Waals surface area (Å²) < 4.78 is 11.1. The average molecular weight is 333 g/mol. The number of aromatic nitrogens is 2. The molecule has 0 amide bonds. The molecule has 0 radical (unpaired) electrons. The van der Waals surface area contributed by atoms with Gasteiger partial charge in [0.25, 0.3) is 5.89 Å². The van der Waals surface area contributed by atoms with Crippen LogP contribution < -0.4 is 0 Å². The highest BCUT2D eigenvalue weighted by atomic mass is 35.5. The molecule has 0 saturated carbocycles.